The minimum Gasteiger partial charge on any atom is -0.390 e. The second kappa shape index (κ2) is 44.6. The maximum absolute atomic E-state index is 12.9. The average Bonchev–Trinajstić information content (AvgIpc) is 1.37. The minimum absolute atomic E-state index is 0.0330. The molecule has 8 N–H and O–H groups in total. The predicted octanol–water partition coefficient (Wildman–Crippen LogP) is 15.8. The van der Waals surface area contributed by atoms with E-state index in [1.54, 1.807) is 67.9 Å². The molecule has 14 atom stereocenters. The van der Waals surface area contributed by atoms with Gasteiger partial charge in [-0.2, -0.15) is 0 Å². The lowest BCUT2D eigenvalue weighted by Crippen LogP contribution is -2.40. The Bertz CT molecular complexity index is 6480. The fourth-order valence-corrected chi connectivity index (χ4v) is 21.2. The van der Waals surface area contributed by atoms with Crippen LogP contribution in [0.2, 0.25) is 0 Å². The number of carbonyl (C=O) groups excluding carboxylic acids is 5. The zero-order valence-electron chi connectivity index (χ0n) is 76.3. The molecule has 0 saturated heterocycles. The first-order valence-corrected chi connectivity index (χ1v) is 47.6. The molecule has 9 saturated carbocycles. The van der Waals surface area contributed by atoms with E-state index in [1.807, 2.05) is 187 Å². The molecule has 24 rings (SSSR count). The summed E-state index contributed by atoms with van der Waals surface area (Å²) in [6.45, 7) is -0.251. The molecule has 9 fully saturated rings. The molecule has 10 aromatic heterocycles. The molecule has 5 aromatic carbocycles. The van der Waals surface area contributed by atoms with Crippen LogP contribution in [-0.2, 0) is 33.0 Å². The molecule has 35 nitrogen and oxygen atoms in total. The van der Waals surface area contributed by atoms with Crippen molar-refractivity contribution >= 4 is 29.3 Å². The lowest BCUT2D eigenvalue weighted by molar-refractivity contribution is 0.0324. The van der Waals surface area contributed by atoms with Crippen LogP contribution in [0.5, 0.6) is 0 Å². The standard InChI is InChI=1S/2C22H24N4O3.2C20H22N4O3.C19H20N4O3/c27-13-18-12-26(25-23-18)20-9-15-6-7-16(20)8-17(15)10-21(28)19-11-22(29-24-19)14-4-2-1-3-5-14;27-13-18-12-23-25-26(18)20-9-15-6-7-16(20)8-17(15)10-21(28)19-11-22(29-24-19)14-4-2-1-3-5-14;25-12-16-11-24(13-21-16)17-8-4-7-15(9-17)22-20(26)18-10-19(27-23-18)14-5-2-1-3-6-14;25-12-17-11-21-13-24(17)16-8-4-7-15(9-16)22-20(26)18-10-19(27-23-18)14-5-2-1-3-6-14;24-11-16-10-20-12-23(16)15-7-6-14(8-15)21-19(25)17-9-18(26-22-17)13-4-2-1-3-5-13/h2*1-5,11-12,15-17,20,27H,6-10,13H2;1-3,5-6,10-11,13,15,17,25H,4,7-9,12H2,(H,22,26);1-3,5-6,10-11,13,15-16,25H,4,7-9,12H2,(H,22,26);1-5,9-10,12,14-15,24H,6-8,11H2,(H,21,25). The SMILES string of the molecule is O=C(CC1CC2CCC1CC2n1cc(CO)nn1)c1cc(-c2ccccc2)on1.O=C(CC1CC2CCC1CC2n1nncc1CO)c1cc(-c2ccccc2)on1.O=C(NC1CCC(n2cncc2CO)C1)c1cc(-c2ccccc2)on1.O=C(NC1CCCC(n2cnc(CO)c2)C1)c1cc(-c2ccccc2)on1.O=C(NC1CCCC(n2cncc2CO)C1)c1cc(-c2ccccc2)on1. The highest BCUT2D eigenvalue weighted by atomic mass is 16.5. The summed E-state index contributed by atoms with van der Waals surface area (Å²) in [5.74, 6) is 5.18. The van der Waals surface area contributed by atoms with Crippen LogP contribution in [0.25, 0.3) is 56.6 Å². The first-order chi connectivity index (χ1) is 67.6. The van der Waals surface area contributed by atoms with Crippen LogP contribution in [0.4, 0.5) is 0 Å². The Balaban J connectivity index is 0.000000115. The summed E-state index contributed by atoms with van der Waals surface area (Å²) < 4.78 is 36.6. The third kappa shape index (κ3) is 22.6. The van der Waals surface area contributed by atoms with Crippen molar-refractivity contribution in [1.29, 1.82) is 0 Å². The van der Waals surface area contributed by atoms with Gasteiger partial charge in [-0.3, -0.25) is 24.0 Å². The fourth-order valence-electron chi connectivity index (χ4n) is 21.2. The highest BCUT2D eigenvalue weighted by Crippen LogP contribution is 2.53. The molecule has 0 spiro atoms. The van der Waals surface area contributed by atoms with Crippen LogP contribution < -0.4 is 16.0 Å². The molecule has 10 heterocycles. The zero-order chi connectivity index (χ0) is 94.8. The second-order valence-electron chi connectivity index (χ2n) is 36.9. The maximum Gasteiger partial charge on any atom is 0.273 e. The summed E-state index contributed by atoms with van der Waals surface area (Å²) >= 11 is 0. The van der Waals surface area contributed by atoms with Crippen molar-refractivity contribution in [2.45, 2.75) is 216 Å². The molecular formula is C103H112N20O15. The van der Waals surface area contributed by atoms with E-state index in [4.69, 9.17) is 22.6 Å². The Hall–Kier alpha value is -14.4. The van der Waals surface area contributed by atoms with Gasteiger partial charge in [0, 0.05) is 113 Å². The van der Waals surface area contributed by atoms with E-state index >= 15 is 0 Å². The van der Waals surface area contributed by atoms with Gasteiger partial charge in [0.25, 0.3) is 17.7 Å². The molecular weight excluding hydrogens is 1760 g/mol. The molecule has 4 bridgehead atoms. The molecule has 138 heavy (non-hydrogen) atoms. The van der Waals surface area contributed by atoms with Gasteiger partial charge in [0.15, 0.2) is 57.4 Å². The summed E-state index contributed by atoms with van der Waals surface area (Å²) in [6.07, 6.45) is 33.9. The number of nitrogens with one attached hydrogen (secondary N) is 3. The number of carbonyl (C=O) groups is 5. The van der Waals surface area contributed by atoms with Gasteiger partial charge in [0.1, 0.15) is 17.1 Å². The van der Waals surface area contributed by atoms with E-state index in [0.29, 0.717) is 112 Å². The van der Waals surface area contributed by atoms with Crippen molar-refractivity contribution in [3.63, 3.8) is 0 Å². The van der Waals surface area contributed by atoms with E-state index in [9.17, 15) is 49.5 Å². The topological polar surface area (TPSA) is 468 Å². The van der Waals surface area contributed by atoms with Gasteiger partial charge in [-0.05, 0) is 158 Å². The van der Waals surface area contributed by atoms with Gasteiger partial charge in [0.05, 0.1) is 112 Å². The first kappa shape index (κ1) is 94.0. The van der Waals surface area contributed by atoms with Gasteiger partial charge in [0.2, 0.25) is 0 Å². The predicted molar refractivity (Wildman–Crippen MR) is 502 cm³/mol. The third-order valence-electron chi connectivity index (χ3n) is 28.3. The van der Waals surface area contributed by atoms with Crippen molar-refractivity contribution in [1.82, 2.24) is 100 Å². The number of aromatic nitrogens is 17. The number of aliphatic hydroxyl groups is 5. The van der Waals surface area contributed by atoms with Crippen LogP contribution in [-0.4, -0.2) is 157 Å². The first-order valence-electron chi connectivity index (χ1n) is 47.6. The summed E-state index contributed by atoms with van der Waals surface area (Å²) in [6, 6.07) is 58.2. The molecule has 14 unspecified atom stereocenters. The van der Waals surface area contributed by atoms with Gasteiger partial charge < -0.3 is 77.8 Å². The fraction of sp³-hybridized carbons (Fsp3) is 0.388. The number of fused-ring (bicyclic) bond motifs is 6. The number of nitrogens with zero attached hydrogens (tertiary/aromatic N) is 17. The molecule has 35 heteroatoms. The van der Waals surface area contributed by atoms with Crippen LogP contribution in [0.1, 0.15) is 246 Å². The number of ketones is 2. The van der Waals surface area contributed by atoms with E-state index in [1.165, 1.54) is 0 Å². The minimum atomic E-state index is -0.227. The molecule has 15 aromatic rings. The van der Waals surface area contributed by atoms with Crippen molar-refractivity contribution in [2.75, 3.05) is 0 Å². The number of rotatable bonds is 27. The summed E-state index contributed by atoms with van der Waals surface area (Å²) in [5, 5.41) is 92.1. The van der Waals surface area contributed by atoms with Crippen LogP contribution in [0, 0.1) is 35.5 Å². The Morgan fingerprint density at radius 1 is 0.355 bits per heavy atom. The zero-order valence-corrected chi connectivity index (χ0v) is 76.3. The normalized spacial score (nSPS) is 22.3. The lowest BCUT2D eigenvalue weighted by Gasteiger charge is -2.47. The van der Waals surface area contributed by atoms with Crippen LogP contribution >= 0.6 is 0 Å². The quantitative estimate of drug-likeness (QED) is 0.0222. The van der Waals surface area contributed by atoms with Gasteiger partial charge in [-0.25, -0.2) is 24.3 Å². The van der Waals surface area contributed by atoms with Gasteiger partial charge in [-0.15, -0.1) is 10.2 Å². The molecule has 0 radical (unpaired) electrons. The Kier molecular flexibility index (Phi) is 30.4. The summed E-state index contributed by atoms with van der Waals surface area (Å²) in [4.78, 5) is 75.7. The van der Waals surface area contributed by atoms with Crippen molar-refractivity contribution in [3.05, 3.63) is 289 Å². The smallest absolute Gasteiger partial charge is 0.273 e. The largest absolute Gasteiger partial charge is 0.390 e. The maximum atomic E-state index is 12.9. The number of amides is 3. The Morgan fingerprint density at radius 2 is 0.739 bits per heavy atom. The molecule has 3 amide bonds. The van der Waals surface area contributed by atoms with Crippen molar-refractivity contribution in [3.8, 4) is 56.6 Å². The number of hydrogen-bond acceptors (Lipinski definition) is 27. The van der Waals surface area contributed by atoms with Crippen molar-refractivity contribution < 1.29 is 72.1 Å². The molecule has 9 aliphatic carbocycles. The summed E-state index contributed by atoms with van der Waals surface area (Å²) in [7, 11) is 0. The highest BCUT2D eigenvalue weighted by molar-refractivity contribution is 5.97. The van der Waals surface area contributed by atoms with Crippen molar-refractivity contribution in [2.24, 2.45) is 35.5 Å². The number of imidazole rings is 3. The average molecular weight is 1870 g/mol. The second-order valence-corrected chi connectivity index (χ2v) is 36.9. The van der Waals surface area contributed by atoms with E-state index in [-0.39, 0.29) is 116 Å². The summed E-state index contributed by atoms with van der Waals surface area (Å²) in [5.41, 5.74) is 9.86. The Labute approximate surface area is 794 Å². The molecule has 0 aliphatic heterocycles. The number of aliphatic hydroxyl groups excluding tert-OH is 5. The van der Waals surface area contributed by atoms with E-state index in [0.717, 1.165) is 167 Å². The number of hydrogen-bond donors (Lipinski definition) is 8. The van der Waals surface area contributed by atoms with E-state index in [2.05, 4.69) is 77.3 Å². The lowest BCUT2D eigenvalue weighted by atomic mass is 9.61. The monoisotopic (exact) mass is 1870 g/mol. The number of benzene rings is 5. The van der Waals surface area contributed by atoms with E-state index < -0.39 is 0 Å². The molecule has 9 aliphatic rings. The van der Waals surface area contributed by atoms with Crippen LogP contribution in [0.15, 0.2) is 255 Å². The van der Waals surface area contributed by atoms with Gasteiger partial charge in [-0.1, -0.05) is 188 Å². The molecule has 714 valence electrons. The van der Waals surface area contributed by atoms with Gasteiger partial charge >= 0.3 is 0 Å². The van der Waals surface area contributed by atoms with Crippen LogP contribution in [0.3, 0.4) is 0 Å². The Morgan fingerprint density at radius 3 is 1.14 bits per heavy atom. The third-order valence-corrected chi connectivity index (χ3v) is 28.3. The highest BCUT2D eigenvalue weighted by Gasteiger charge is 2.46. The number of Topliss-reactive ketones (excluding diaryl/α,β-unsaturated/α-hetero) is 2.